The van der Waals surface area contributed by atoms with Crippen LogP contribution in [0.2, 0.25) is 0 Å². The fraction of sp³-hybridized carbons (Fsp3) is 0.333. The summed E-state index contributed by atoms with van der Waals surface area (Å²) in [6.07, 6.45) is 0.329. The quantitative estimate of drug-likeness (QED) is 0.706. The molecule has 92 valence electrons. The summed E-state index contributed by atoms with van der Waals surface area (Å²) in [6.45, 7) is 1.60. The van der Waals surface area contributed by atoms with E-state index in [1.54, 1.807) is 31.2 Å². The number of aliphatic hydroxyl groups excluding tert-OH is 1. The number of carbonyl (C=O) groups is 2. The van der Waals surface area contributed by atoms with Gasteiger partial charge in [0, 0.05) is 5.56 Å². The number of hydrogen-bond acceptors (Lipinski definition) is 3. The lowest BCUT2D eigenvalue weighted by atomic mass is 10.1. The lowest BCUT2D eigenvalue weighted by Gasteiger charge is -2.12. The van der Waals surface area contributed by atoms with Gasteiger partial charge in [-0.15, -0.1) is 0 Å². The molecule has 1 aromatic carbocycles. The molecular formula is C12H15NO4. The lowest BCUT2D eigenvalue weighted by Crippen LogP contribution is -2.40. The van der Waals surface area contributed by atoms with Crippen molar-refractivity contribution in [2.75, 3.05) is 0 Å². The first-order valence-corrected chi connectivity index (χ1v) is 5.32. The standard InChI is InChI=1S/C12H15NO4/c1-2-10(12(16)17)13-11(15)9-5-3-8(7-14)4-6-9/h3-6,10,14H,2,7H2,1H3,(H,13,15)(H,16,17). The largest absolute Gasteiger partial charge is 0.480 e. The first kappa shape index (κ1) is 13.2. The molecule has 0 aliphatic heterocycles. The second-order valence-electron chi connectivity index (χ2n) is 3.63. The predicted octanol–water partition coefficient (Wildman–Crippen LogP) is 0.772. The molecule has 1 unspecified atom stereocenters. The minimum absolute atomic E-state index is 0.0887. The maximum absolute atomic E-state index is 11.7. The Bertz CT molecular complexity index is 399. The summed E-state index contributed by atoms with van der Waals surface area (Å²) in [5, 5.41) is 20.1. The van der Waals surface area contributed by atoms with Gasteiger partial charge in [0.2, 0.25) is 0 Å². The van der Waals surface area contributed by atoms with Crippen molar-refractivity contribution in [1.29, 1.82) is 0 Å². The molecule has 0 saturated carbocycles. The Kier molecular flexibility index (Phi) is 4.66. The number of benzene rings is 1. The van der Waals surface area contributed by atoms with Gasteiger partial charge in [-0.2, -0.15) is 0 Å². The number of carbonyl (C=O) groups excluding carboxylic acids is 1. The molecule has 0 heterocycles. The van der Waals surface area contributed by atoms with E-state index < -0.39 is 17.9 Å². The minimum atomic E-state index is -1.05. The van der Waals surface area contributed by atoms with E-state index in [2.05, 4.69) is 5.32 Å². The van der Waals surface area contributed by atoms with Gasteiger partial charge in [0.25, 0.3) is 5.91 Å². The maximum atomic E-state index is 11.7. The first-order chi connectivity index (χ1) is 8.08. The van der Waals surface area contributed by atoms with Crippen LogP contribution in [0.5, 0.6) is 0 Å². The zero-order chi connectivity index (χ0) is 12.8. The van der Waals surface area contributed by atoms with E-state index in [9.17, 15) is 9.59 Å². The molecule has 1 atom stereocenters. The third-order valence-electron chi connectivity index (χ3n) is 2.41. The van der Waals surface area contributed by atoms with Crippen LogP contribution in [0.1, 0.15) is 29.3 Å². The van der Waals surface area contributed by atoms with E-state index in [1.165, 1.54) is 0 Å². The predicted molar refractivity (Wildman–Crippen MR) is 61.5 cm³/mol. The zero-order valence-electron chi connectivity index (χ0n) is 9.51. The molecule has 0 aliphatic rings. The van der Waals surface area contributed by atoms with Crippen molar-refractivity contribution in [3.63, 3.8) is 0 Å². The number of hydrogen-bond donors (Lipinski definition) is 3. The van der Waals surface area contributed by atoms with Gasteiger partial charge in [0.15, 0.2) is 0 Å². The van der Waals surface area contributed by atoms with Gasteiger partial charge in [0.1, 0.15) is 6.04 Å². The highest BCUT2D eigenvalue weighted by Gasteiger charge is 2.18. The van der Waals surface area contributed by atoms with Crippen LogP contribution in [0.15, 0.2) is 24.3 Å². The van der Waals surface area contributed by atoms with Gasteiger partial charge in [-0.1, -0.05) is 19.1 Å². The van der Waals surface area contributed by atoms with E-state index >= 15 is 0 Å². The molecule has 0 aromatic heterocycles. The van der Waals surface area contributed by atoms with Crippen molar-refractivity contribution in [2.24, 2.45) is 0 Å². The molecule has 0 saturated heterocycles. The number of aliphatic carboxylic acids is 1. The summed E-state index contributed by atoms with van der Waals surface area (Å²) in [7, 11) is 0. The van der Waals surface area contributed by atoms with Gasteiger partial charge < -0.3 is 15.5 Å². The second-order valence-corrected chi connectivity index (χ2v) is 3.63. The smallest absolute Gasteiger partial charge is 0.326 e. The van der Waals surface area contributed by atoms with E-state index in [-0.39, 0.29) is 6.61 Å². The highest BCUT2D eigenvalue weighted by Crippen LogP contribution is 2.05. The SMILES string of the molecule is CCC(NC(=O)c1ccc(CO)cc1)C(=O)O. The van der Waals surface area contributed by atoms with Crippen molar-refractivity contribution in [3.8, 4) is 0 Å². The van der Waals surface area contributed by atoms with Crippen LogP contribution in [-0.4, -0.2) is 28.1 Å². The average molecular weight is 237 g/mol. The van der Waals surface area contributed by atoms with E-state index in [0.29, 0.717) is 17.5 Å². The van der Waals surface area contributed by atoms with Crippen molar-refractivity contribution in [2.45, 2.75) is 26.0 Å². The molecule has 0 aliphatic carbocycles. The number of carboxylic acid groups (broad SMARTS) is 1. The Labute approximate surface area is 99.1 Å². The molecule has 3 N–H and O–H groups in total. The molecule has 0 fully saturated rings. The van der Waals surface area contributed by atoms with Crippen molar-refractivity contribution < 1.29 is 19.8 Å². The van der Waals surface area contributed by atoms with Crippen LogP contribution in [0.25, 0.3) is 0 Å². The van der Waals surface area contributed by atoms with Gasteiger partial charge in [-0.3, -0.25) is 4.79 Å². The molecule has 5 nitrogen and oxygen atoms in total. The first-order valence-electron chi connectivity index (χ1n) is 5.32. The molecule has 1 rings (SSSR count). The van der Waals surface area contributed by atoms with E-state index in [0.717, 1.165) is 0 Å². The number of nitrogens with one attached hydrogen (secondary N) is 1. The number of carboxylic acids is 1. The Morgan fingerprint density at radius 3 is 2.29 bits per heavy atom. The van der Waals surface area contributed by atoms with Gasteiger partial charge in [0.05, 0.1) is 6.61 Å². The van der Waals surface area contributed by atoms with Crippen LogP contribution < -0.4 is 5.32 Å². The van der Waals surface area contributed by atoms with Gasteiger partial charge >= 0.3 is 5.97 Å². The summed E-state index contributed by atoms with van der Waals surface area (Å²) in [5.41, 5.74) is 1.08. The molecule has 1 aromatic rings. The van der Waals surface area contributed by atoms with Crippen LogP contribution in [0, 0.1) is 0 Å². The van der Waals surface area contributed by atoms with E-state index in [1.807, 2.05) is 0 Å². The maximum Gasteiger partial charge on any atom is 0.326 e. The summed E-state index contributed by atoms with van der Waals surface area (Å²) in [4.78, 5) is 22.4. The Balaban J connectivity index is 2.72. The number of amides is 1. The second kappa shape index (κ2) is 6.00. The third kappa shape index (κ3) is 3.57. The van der Waals surface area contributed by atoms with Crippen LogP contribution in [0.4, 0.5) is 0 Å². The van der Waals surface area contributed by atoms with Crippen LogP contribution in [-0.2, 0) is 11.4 Å². The minimum Gasteiger partial charge on any atom is -0.480 e. The van der Waals surface area contributed by atoms with Gasteiger partial charge in [-0.25, -0.2) is 4.79 Å². The van der Waals surface area contributed by atoms with Crippen molar-refractivity contribution >= 4 is 11.9 Å². The van der Waals surface area contributed by atoms with Crippen molar-refractivity contribution in [1.82, 2.24) is 5.32 Å². The average Bonchev–Trinajstić information content (AvgIpc) is 2.35. The van der Waals surface area contributed by atoms with Gasteiger partial charge in [-0.05, 0) is 24.1 Å². The molecule has 0 spiro atoms. The topological polar surface area (TPSA) is 86.6 Å². The van der Waals surface area contributed by atoms with Crippen LogP contribution >= 0.6 is 0 Å². The third-order valence-corrected chi connectivity index (χ3v) is 2.41. The Morgan fingerprint density at radius 2 is 1.88 bits per heavy atom. The molecule has 1 amide bonds. The fourth-order valence-electron chi connectivity index (χ4n) is 1.34. The summed E-state index contributed by atoms with van der Waals surface area (Å²) in [5.74, 6) is -1.48. The van der Waals surface area contributed by atoms with Crippen molar-refractivity contribution in [3.05, 3.63) is 35.4 Å². The Hall–Kier alpha value is -1.88. The molecule has 17 heavy (non-hydrogen) atoms. The number of rotatable bonds is 5. The monoisotopic (exact) mass is 237 g/mol. The molecule has 0 radical (unpaired) electrons. The fourth-order valence-corrected chi connectivity index (χ4v) is 1.34. The zero-order valence-corrected chi connectivity index (χ0v) is 9.51. The molecule has 0 bridgehead atoms. The highest BCUT2D eigenvalue weighted by molar-refractivity contribution is 5.96. The normalized spacial score (nSPS) is 11.9. The Morgan fingerprint density at radius 1 is 1.29 bits per heavy atom. The van der Waals surface area contributed by atoms with E-state index in [4.69, 9.17) is 10.2 Å². The van der Waals surface area contributed by atoms with Crippen LogP contribution in [0.3, 0.4) is 0 Å². The number of aliphatic hydroxyl groups is 1. The summed E-state index contributed by atoms with van der Waals surface area (Å²) < 4.78 is 0. The highest BCUT2D eigenvalue weighted by atomic mass is 16.4. The lowest BCUT2D eigenvalue weighted by molar-refractivity contribution is -0.139. The summed E-state index contributed by atoms with van der Waals surface area (Å²) in [6, 6.07) is 5.47. The molecule has 5 heteroatoms. The summed E-state index contributed by atoms with van der Waals surface area (Å²) >= 11 is 0. The molecular weight excluding hydrogens is 222 g/mol.